The molecule has 2 aromatic carbocycles. The average molecular weight is 631 g/mol. The summed E-state index contributed by atoms with van der Waals surface area (Å²) in [7, 11) is 1.39. The first-order valence-electron chi connectivity index (χ1n) is 13.7. The number of hydrogen-bond acceptors (Lipinski definition) is 5. The number of pyridine rings is 1. The molecule has 0 radical (unpaired) electrons. The second-order valence-corrected chi connectivity index (χ2v) is 10.6. The molecule has 1 N–H and O–H groups in total. The zero-order valence-electron chi connectivity index (χ0n) is 23.8. The Morgan fingerprint density at radius 2 is 1.73 bits per heavy atom. The van der Waals surface area contributed by atoms with E-state index >= 15 is 0 Å². The molecular formula is C30H24F6N6O3. The number of methoxy groups -OCH3 is 1. The molecule has 1 fully saturated rings. The van der Waals surface area contributed by atoms with Crippen LogP contribution < -0.4 is 10.4 Å². The fraction of sp³-hybridized carbons (Fsp3) is 0.267. The van der Waals surface area contributed by atoms with Crippen molar-refractivity contribution in [2.24, 2.45) is 0 Å². The molecule has 1 aliphatic heterocycles. The molecular weight excluding hydrogens is 606 g/mol. The lowest BCUT2D eigenvalue weighted by Crippen LogP contribution is -2.41. The Balaban J connectivity index is 1.36. The lowest BCUT2D eigenvalue weighted by atomic mass is 10.0. The number of rotatable bonds is 5. The monoisotopic (exact) mass is 630 g/mol. The second kappa shape index (κ2) is 11.1. The Morgan fingerprint density at radius 3 is 2.42 bits per heavy atom. The van der Waals surface area contributed by atoms with Crippen molar-refractivity contribution in [3.05, 3.63) is 93.4 Å². The van der Waals surface area contributed by atoms with Gasteiger partial charge in [-0.15, -0.1) is 0 Å². The molecule has 45 heavy (non-hydrogen) atoms. The molecule has 9 nitrogen and oxygen atoms in total. The summed E-state index contributed by atoms with van der Waals surface area (Å²) >= 11 is 0. The van der Waals surface area contributed by atoms with Gasteiger partial charge in [0.15, 0.2) is 17.3 Å². The maximum absolute atomic E-state index is 14.7. The summed E-state index contributed by atoms with van der Waals surface area (Å²) < 4.78 is 91.0. The van der Waals surface area contributed by atoms with Crippen molar-refractivity contribution >= 4 is 16.9 Å². The molecule has 1 aliphatic rings. The van der Waals surface area contributed by atoms with E-state index in [0.29, 0.717) is 23.3 Å². The first-order chi connectivity index (χ1) is 21.4. The topological polar surface area (TPSA) is 98.0 Å². The van der Waals surface area contributed by atoms with Crippen molar-refractivity contribution in [2.75, 3.05) is 20.2 Å². The van der Waals surface area contributed by atoms with E-state index in [1.54, 1.807) is 13.0 Å². The molecule has 3 aromatic heterocycles. The van der Waals surface area contributed by atoms with E-state index in [1.165, 1.54) is 30.3 Å². The minimum absolute atomic E-state index is 0.0607. The van der Waals surface area contributed by atoms with Gasteiger partial charge in [-0.05, 0) is 56.2 Å². The number of aromatic amines is 1. The number of likely N-dealkylation sites (tertiary alicyclic amines) is 1. The van der Waals surface area contributed by atoms with E-state index in [2.05, 4.69) is 15.1 Å². The van der Waals surface area contributed by atoms with E-state index < -0.39 is 46.8 Å². The Hall–Kier alpha value is -5.08. The first kappa shape index (κ1) is 30.0. The molecule has 1 saturated heterocycles. The van der Waals surface area contributed by atoms with Crippen LogP contribution in [0.5, 0.6) is 5.88 Å². The lowest BCUT2D eigenvalue weighted by molar-refractivity contribution is -0.140. The molecule has 6 rings (SSSR count). The third-order valence-electron chi connectivity index (χ3n) is 7.93. The lowest BCUT2D eigenvalue weighted by Gasteiger charge is -2.32. The highest BCUT2D eigenvalue weighted by Gasteiger charge is 2.36. The molecule has 5 aromatic rings. The maximum Gasteiger partial charge on any atom is 0.419 e. The number of hydrogen-bond donors (Lipinski definition) is 1. The van der Waals surface area contributed by atoms with Crippen LogP contribution in [0.15, 0.2) is 53.5 Å². The average Bonchev–Trinajstić information content (AvgIpc) is 3.55. The summed E-state index contributed by atoms with van der Waals surface area (Å²) in [5.41, 5.74) is -1.32. The smallest absolute Gasteiger partial charge is 0.419 e. The molecule has 0 unspecified atom stereocenters. The number of fused-ring (bicyclic) bond motifs is 1. The van der Waals surface area contributed by atoms with Gasteiger partial charge in [0.2, 0.25) is 5.88 Å². The van der Waals surface area contributed by atoms with Gasteiger partial charge in [-0.25, -0.2) is 27.6 Å². The van der Waals surface area contributed by atoms with Crippen LogP contribution >= 0.6 is 0 Å². The normalized spacial score (nSPS) is 14.4. The summed E-state index contributed by atoms with van der Waals surface area (Å²) in [4.78, 5) is 34.5. The number of benzene rings is 2. The van der Waals surface area contributed by atoms with Gasteiger partial charge < -0.3 is 14.6 Å². The van der Waals surface area contributed by atoms with E-state index in [-0.39, 0.29) is 59.9 Å². The minimum atomic E-state index is -4.98. The molecule has 0 bridgehead atoms. The SMILES string of the molecule is COc1cc(-c2c(C)c(C(=O)N3CCC(n4c(=O)[nH]c5ccc(F)c(F)c54)CC3)nn2-c2ccc(F)c(C(F)(F)F)c2)ccn1. The summed E-state index contributed by atoms with van der Waals surface area (Å²) in [6, 6.07) is 7.17. The van der Waals surface area contributed by atoms with Crippen LogP contribution in [0, 0.1) is 24.4 Å². The fourth-order valence-corrected chi connectivity index (χ4v) is 5.73. The van der Waals surface area contributed by atoms with Crippen LogP contribution in [0.1, 0.15) is 40.5 Å². The van der Waals surface area contributed by atoms with Crippen LogP contribution in [-0.4, -0.2) is 55.3 Å². The predicted octanol–water partition coefficient (Wildman–Crippen LogP) is 5.81. The molecule has 1 amide bonds. The van der Waals surface area contributed by atoms with Gasteiger partial charge in [0.05, 0.1) is 29.6 Å². The number of halogens is 6. The Kier molecular flexibility index (Phi) is 7.41. The molecule has 0 atom stereocenters. The quantitative estimate of drug-likeness (QED) is 0.248. The number of imidazole rings is 1. The summed E-state index contributed by atoms with van der Waals surface area (Å²) in [6.07, 6.45) is -3.09. The summed E-state index contributed by atoms with van der Waals surface area (Å²) in [6.45, 7) is 1.83. The van der Waals surface area contributed by atoms with E-state index in [0.717, 1.165) is 21.4 Å². The predicted molar refractivity (Wildman–Crippen MR) is 150 cm³/mol. The van der Waals surface area contributed by atoms with Crippen molar-refractivity contribution in [3.63, 3.8) is 0 Å². The highest BCUT2D eigenvalue weighted by atomic mass is 19.4. The summed E-state index contributed by atoms with van der Waals surface area (Å²) in [5.74, 6) is -4.04. The highest BCUT2D eigenvalue weighted by molar-refractivity contribution is 5.96. The molecule has 0 saturated carbocycles. The fourth-order valence-electron chi connectivity index (χ4n) is 5.73. The number of ether oxygens (including phenoxy) is 1. The third kappa shape index (κ3) is 5.21. The first-order valence-corrected chi connectivity index (χ1v) is 13.7. The molecule has 0 spiro atoms. The van der Waals surface area contributed by atoms with Crippen molar-refractivity contribution < 1.29 is 35.9 Å². The van der Waals surface area contributed by atoms with Gasteiger partial charge in [-0.1, -0.05) is 0 Å². The van der Waals surface area contributed by atoms with Gasteiger partial charge in [-0.3, -0.25) is 9.36 Å². The van der Waals surface area contributed by atoms with Crippen LogP contribution in [0.25, 0.3) is 28.0 Å². The van der Waals surface area contributed by atoms with Crippen molar-refractivity contribution in [1.29, 1.82) is 0 Å². The Morgan fingerprint density at radius 1 is 1.02 bits per heavy atom. The van der Waals surface area contributed by atoms with E-state index in [4.69, 9.17) is 4.74 Å². The van der Waals surface area contributed by atoms with E-state index in [9.17, 15) is 35.9 Å². The maximum atomic E-state index is 14.7. The zero-order chi connectivity index (χ0) is 32.2. The number of aromatic nitrogens is 5. The second-order valence-electron chi connectivity index (χ2n) is 10.6. The number of piperidine rings is 1. The molecule has 15 heteroatoms. The molecule has 0 aliphatic carbocycles. The van der Waals surface area contributed by atoms with Crippen molar-refractivity contribution in [1.82, 2.24) is 29.2 Å². The standard InChI is InChI=1S/C30H24F6N6O3/c1-15-25(28(43)40-11-8-17(9-12-40)41-27-22(38-29(41)44)6-5-21(32)24(27)33)39-42(26(15)16-7-10-37-23(13-16)45-2)18-3-4-20(31)19(14-18)30(34,35)36/h3-7,10,13-14,17H,8-9,11-12H2,1-2H3,(H,38,44). The van der Waals surface area contributed by atoms with E-state index in [1.807, 2.05) is 0 Å². The van der Waals surface area contributed by atoms with Gasteiger partial charge in [0, 0.05) is 42.5 Å². The molecule has 4 heterocycles. The zero-order valence-corrected chi connectivity index (χ0v) is 23.8. The Labute approximate surface area is 250 Å². The highest BCUT2D eigenvalue weighted by Crippen LogP contribution is 2.36. The third-order valence-corrected chi connectivity index (χ3v) is 7.93. The number of H-pyrrole nitrogens is 1. The van der Waals surface area contributed by atoms with Gasteiger partial charge in [0.1, 0.15) is 11.3 Å². The number of carbonyl (C=O) groups is 1. The van der Waals surface area contributed by atoms with Gasteiger partial charge in [-0.2, -0.15) is 18.3 Å². The Bertz CT molecular complexity index is 2010. The number of carbonyl (C=O) groups excluding carboxylic acids is 1. The van der Waals surface area contributed by atoms with Crippen LogP contribution in [0.2, 0.25) is 0 Å². The number of alkyl halides is 3. The number of nitrogens with zero attached hydrogens (tertiary/aromatic N) is 5. The molecule has 234 valence electrons. The van der Waals surface area contributed by atoms with Crippen molar-refractivity contribution in [3.8, 4) is 22.8 Å². The van der Waals surface area contributed by atoms with Crippen molar-refractivity contribution in [2.45, 2.75) is 32.0 Å². The largest absolute Gasteiger partial charge is 0.481 e. The van der Waals surface area contributed by atoms with Gasteiger partial charge >= 0.3 is 11.9 Å². The van der Waals surface area contributed by atoms with Gasteiger partial charge in [0.25, 0.3) is 5.91 Å². The minimum Gasteiger partial charge on any atom is -0.481 e. The van der Waals surface area contributed by atoms with Crippen LogP contribution in [0.3, 0.4) is 0 Å². The van der Waals surface area contributed by atoms with Crippen LogP contribution in [-0.2, 0) is 6.18 Å². The van der Waals surface area contributed by atoms with Crippen LogP contribution in [0.4, 0.5) is 26.3 Å². The summed E-state index contributed by atoms with van der Waals surface area (Å²) in [5, 5.41) is 4.41. The number of amides is 1. The number of nitrogens with one attached hydrogen (secondary N) is 1.